The molecule has 0 amide bonds. The standard InChI is InChI=1S/C14H23N3O2/c1-3-17(4-2)9-5-8-16-11-6-7-12(14(18)19)13(15)10-11/h6-7,10,16H,3-5,8-9,15H2,1-2H3,(H,18,19). The highest BCUT2D eigenvalue weighted by Gasteiger charge is 2.07. The van der Waals surface area contributed by atoms with Crippen LogP contribution in [0, 0.1) is 0 Å². The van der Waals surface area contributed by atoms with E-state index in [1.54, 1.807) is 12.1 Å². The second kappa shape index (κ2) is 7.63. The molecule has 0 fully saturated rings. The molecule has 19 heavy (non-hydrogen) atoms. The van der Waals surface area contributed by atoms with Crippen molar-refractivity contribution < 1.29 is 9.90 Å². The average Bonchev–Trinajstić information content (AvgIpc) is 2.38. The molecule has 1 aromatic carbocycles. The minimum absolute atomic E-state index is 0.147. The minimum atomic E-state index is -0.995. The van der Waals surface area contributed by atoms with Crippen molar-refractivity contribution in [3.63, 3.8) is 0 Å². The Labute approximate surface area is 114 Å². The van der Waals surface area contributed by atoms with Gasteiger partial charge in [0.25, 0.3) is 0 Å². The Hall–Kier alpha value is -1.75. The van der Waals surface area contributed by atoms with Crippen molar-refractivity contribution in [2.24, 2.45) is 0 Å². The number of aromatic carboxylic acids is 1. The van der Waals surface area contributed by atoms with Gasteiger partial charge in [0, 0.05) is 17.9 Å². The van der Waals surface area contributed by atoms with E-state index in [0.29, 0.717) is 5.69 Å². The van der Waals surface area contributed by atoms with Crippen LogP contribution in [0.3, 0.4) is 0 Å². The lowest BCUT2D eigenvalue weighted by atomic mass is 10.1. The van der Waals surface area contributed by atoms with Gasteiger partial charge in [-0.3, -0.25) is 0 Å². The number of carbonyl (C=O) groups is 1. The third-order valence-electron chi connectivity index (χ3n) is 3.16. The summed E-state index contributed by atoms with van der Waals surface area (Å²) in [6, 6.07) is 4.95. The van der Waals surface area contributed by atoms with Gasteiger partial charge in [0.15, 0.2) is 0 Å². The highest BCUT2D eigenvalue weighted by atomic mass is 16.4. The molecule has 5 nitrogen and oxygen atoms in total. The summed E-state index contributed by atoms with van der Waals surface area (Å²) >= 11 is 0. The van der Waals surface area contributed by atoms with Crippen molar-refractivity contribution in [3.05, 3.63) is 23.8 Å². The van der Waals surface area contributed by atoms with E-state index in [0.717, 1.165) is 38.3 Å². The largest absolute Gasteiger partial charge is 0.478 e. The van der Waals surface area contributed by atoms with Gasteiger partial charge in [-0.15, -0.1) is 0 Å². The fourth-order valence-electron chi connectivity index (χ4n) is 1.94. The Kier molecular flexibility index (Phi) is 6.15. The first kappa shape index (κ1) is 15.3. The topological polar surface area (TPSA) is 78.6 Å². The van der Waals surface area contributed by atoms with Gasteiger partial charge in [0.05, 0.1) is 5.56 Å². The van der Waals surface area contributed by atoms with Crippen LogP contribution in [-0.2, 0) is 0 Å². The van der Waals surface area contributed by atoms with Crippen LogP contribution >= 0.6 is 0 Å². The highest BCUT2D eigenvalue weighted by Crippen LogP contribution is 2.17. The van der Waals surface area contributed by atoms with E-state index in [9.17, 15) is 4.79 Å². The molecule has 106 valence electrons. The molecule has 0 aliphatic heterocycles. The van der Waals surface area contributed by atoms with Gasteiger partial charge in [0.2, 0.25) is 0 Å². The molecule has 0 spiro atoms. The van der Waals surface area contributed by atoms with E-state index < -0.39 is 5.97 Å². The minimum Gasteiger partial charge on any atom is -0.478 e. The van der Waals surface area contributed by atoms with Crippen LogP contribution in [0.2, 0.25) is 0 Å². The molecule has 0 aromatic heterocycles. The van der Waals surface area contributed by atoms with Crippen molar-refractivity contribution >= 4 is 17.3 Å². The smallest absolute Gasteiger partial charge is 0.337 e. The number of nitrogens with one attached hydrogen (secondary N) is 1. The molecule has 0 heterocycles. The second-order valence-corrected chi connectivity index (χ2v) is 4.41. The third-order valence-corrected chi connectivity index (χ3v) is 3.16. The number of hydrogen-bond acceptors (Lipinski definition) is 4. The van der Waals surface area contributed by atoms with E-state index >= 15 is 0 Å². The monoisotopic (exact) mass is 265 g/mol. The number of nitrogen functional groups attached to an aromatic ring is 1. The summed E-state index contributed by atoms with van der Waals surface area (Å²) in [5.41, 5.74) is 6.99. The lowest BCUT2D eigenvalue weighted by Crippen LogP contribution is -2.25. The van der Waals surface area contributed by atoms with E-state index in [2.05, 4.69) is 24.1 Å². The fourth-order valence-corrected chi connectivity index (χ4v) is 1.94. The Morgan fingerprint density at radius 1 is 1.37 bits per heavy atom. The SMILES string of the molecule is CCN(CC)CCCNc1ccc(C(=O)O)c(N)c1. The van der Waals surface area contributed by atoms with E-state index in [1.807, 2.05) is 0 Å². The summed E-state index contributed by atoms with van der Waals surface area (Å²) in [5.74, 6) is -0.995. The third kappa shape index (κ3) is 4.79. The Morgan fingerprint density at radius 2 is 2.05 bits per heavy atom. The summed E-state index contributed by atoms with van der Waals surface area (Å²) in [7, 11) is 0. The van der Waals surface area contributed by atoms with Gasteiger partial charge in [-0.25, -0.2) is 4.79 Å². The van der Waals surface area contributed by atoms with Crippen LogP contribution in [0.4, 0.5) is 11.4 Å². The Balaban J connectivity index is 2.42. The summed E-state index contributed by atoms with van der Waals surface area (Å²) in [6.45, 7) is 8.35. The maximum absolute atomic E-state index is 10.8. The summed E-state index contributed by atoms with van der Waals surface area (Å²) < 4.78 is 0. The molecule has 4 N–H and O–H groups in total. The Morgan fingerprint density at radius 3 is 2.58 bits per heavy atom. The molecule has 0 aliphatic rings. The predicted molar refractivity (Wildman–Crippen MR) is 78.7 cm³/mol. The molecule has 0 saturated heterocycles. The maximum Gasteiger partial charge on any atom is 0.337 e. The molecule has 0 atom stereocenters. The van der Waals surface area contributed by atoms with Crippen molar-refractivity contribution in [1.29, 1.82) is 0 Å². The molecular formula is C14H23N3O2. The summed E-state index contributed by atoms with van der Waals surface area (Å²) in [4.78, 5) is 13.2. The molecule has 0 unspecified atom stereocenters. The quantitative estimate of drug-likeness (QED) is 0.495. The number of carboxylic acid groups (broad SMARTS) is 1. The number of anilines is 2. The van der Waals surface area contributed by atoms with E-state index in [4.69, 9.17) is 10.8 Å². The number of carboxylic acids is 1. The molecule has 5 heteroatoms. The zero-order valence-corrected chi connectivity index (χ0v) is 11.6. The second-order valence-electron chi connectivity index (χ2n) is 4.41. The molecule has 1 rings (SSSR count). The fraction of sp³-hybridized carbons (Fsp3) is 0.500. The molecule has 0 radical (unpaired) electrons. The zero-order valence-electron chi connectivity index (χ0n) is 11.6. The van der Waals surface area contributed by atoms with Crippen molar-refractivity contribution in [1.82, 2.24) is 4.90 Å². The highest BCUT2D eigenvalue weighted by molar-refractivity contribution is 5.94. The van der Waals surface area contributed by atoms with Gasteiger partial charge in [-0.05, 0) is 44.3 Å². The van der Waals surface area contributed by atoms with Gasteiger partial charge >= 0.3 is 5.97 Å². The number of nitrogens with zero attached hydrogens (tertiary/aromatic N) is 1. The van der Waals surface area contributed by atoms with Crippen LogP contribution in [0.25, 0.3) is 0 Å². The summed E-state index contributed by atoms with van der Waals surface area (Å²) in [6.07, 6.45) is 1.04. The Bertz CT molecular complexity index is 417. The lowest BCUT2D eigenvalue weighted by molar-refractivity contribution is 0.0698. The maximum atomic E-state index is 10.8. The van der Waals surface area contributed by atoms with Crippen molar-refractivity contribution in [2.45, 2.75) is 20.3 Å². The number of benzene rings is 1. The normalized spacial score (nSPS) is 10.7. The molecule has 1 aromatic rings. The number of hydrogen-bond donors (Lipinski definition) is 3. The van der Waals surface area contributed by atoms with E-state index in [1.165, 1.54) is 6.07 Å². The van der Waals surface area contributed by atoms with Crippen molar-refractivity contribution in [2.75, 3.05) is 37.2 Å². The molecule has 0 aliphatic carbocycles. The van der Waals surface area contributed by atoms with Crippen LogP contribution in [0.5, 0.6) is 0 Å². The van der Waals surface area contributed by atoms with Crippen LogP contribution in [-0.4, -0.2) is 42.2 Å². The van der Waals surface area contributed by atoms with Crippen LogP contribution < -0.4 is 11.1 Å². The van der Waals surface area contributed by atoms with Gasteiger partial charge in [-0.2, -0.15) is 0 Å². The first-order chi connectivity index (χ1) is 9.08. The van der Waals surface area contributed by atoms with Crippen LogP contribution in [0.1, 0.15) is 30.6 Å². The van der Waals surface area contributed by atoms with Gasteiger partial charge < -0.3 is 21.1 Å². The number of nitrogens with two attached hydrogens (primary N) is 1. The van der Waals surface area contributed by atoms with Crippen molar-refractivity contribution in [3.8, 4) is 0 Å². The van der Waals surface area contributed by atoms with Crippen LogP contribution in [0.15, 0.2) is 18.2 Å². The first-order valence-corrected chi connectivity index (χ1v) is 6.67. The number of rotatable bonds is 8. The average molecular weight is 265 g/mol. The first-order valence-electron chi connectivity index (χ1n) is 6.67. The molecular weight excluding hydrogens is 242 g/mol. The zero-order chi connectivity index (χ0) is 14.3. The van der Waals surface area contributed by atoms with Gasteiger partial charge in [0.1, 0.15) is 0 Å². The van der Waals surface area contributed by atoms with E-state index in [-0.39, 0.29) is 5.56 Å². The van der Waals surface area contributed by atoms with Gasteiger partial charge in [-0.1, -0.05) is 13.8 Å². The summed E-state index contributed by atoms with van der Waals surface area (Å²) in [5, 5.41) is 12.1. The molecule has 0 saturated carbocycles. The lowest BCUT2D eigenvalue weighted by Gasteiger charge is -2.18. The molecule has 0 bridgehead atoms. The predicted octanol–water partition coefficient (Wildman–Crippen LogP) is 2.11.